The zero-order valence-corrected chi connectivity index (χ0v) is 12.6. The molecule has 5 nitrogen and oxygen atoms in total. The van der Waals surface area contributed by atoms with Gasteiger partial charge in [0.2, 0.25) is 0 Å². The summed E-state index contributed by atoms with van der Waals surface area (Å²) in [6, 6.07) is 6.09. The summed E-state index contributed by atoms with van der Waals surface area (Å²) < 4.78 is 2.05. The summed E-state index contributed by atoms with van der Waals surface area (Å²) >= 11 is 0. The second-order valence-corrected chi connectivity index (χ2v) is 5.15. The SMILES string of the molecule is CCc1cc(NCc2cn3cccc(C)c3n2)nc(C)n1. The zero-order valence-electron chi connectivity index (χ0n) is 12.6. The molecule has 3 aromatic rings. The van der Waals surface area contributed by atoms with Gasteiger partial charge in [-0.1, -0.05) is 13.0 Å². The molecule has 3 aromatic heterocycles. The van der Waals surface area contributed by atoms with Crippen molar-refractivity contribution in [3.8, 4) is 0 Å². The number of nitrogens with one attached hydrogen (secondary N) is 1. The van der Waals surface area contributed by atoms with Crippen molar-refractivity contribution in [3.63, 3.8) is 0 Å². The first kappa shape index (κ1) is 13.5. The quantitative estimate of drug-likeness (QED) is 0.799. The van der Waals surface area contributed by atoms with Crippen LogP contribution in [0.15, 0.2) is 30.6 Å². The van der Waals surface area contributed by atoms with Crippen LogP contribution in [0.1, 0.15) is 29.7 Å². The summed E-state index contributed by atoms with van der Waals surface area (Å²) in [5, 5.41) is 3.33. The Bertz CT molecular complexity index is 775. The lowest BCUT2D eigenvalue weighted by atomic mass is 10.3. The number of aryl methyl sites for hydroxylation is 3. The van der Waals surface area contributed by atoms with Crippen LogP contribution in [0.5, 0.6) is 0 Å². The van der Waals surface area contributed by atoms with Crippen LogP contribution in [0.2, 0.25) is 0 Å². The van der Waals surface area contributed by atoms with E-state index in [2.05, 4.69) is 44.6 Å². The summed E-state index contributed by atoms with van der Waals surface area (Å²) in [5.41, 5.74) is 4.23. The maximum Gasteiger partial charge on any atom is 0.140 e. The van der Waals surface area contributed by atoms with Gasteiger partial charge in [-0.05, 0) is 31.9 Å². The molecule has 0 saturated carbocycles. The van der Waals surface area contributed by atoms with E-state index in [9.17, 15) is 0 Å². The Balaban J connectivity index is 1.80. The van der Waals surface area contributed by atoms with E-state index in [0.29, 0.717) is 6.54 Å². The van der Waals surface area contributed by atoms with Crippen LogP contribution in [0.25, 0.3) is 5.65 Å². The summed E-state index contributed by atoms with van der Waals surface area (Å²) in [6.45, 7) is 6.73. The first-order chi connectivity index (χ1) is 10.2. The number of nitrogens with zero attached hydrogens (tertiary/aromatic N) is 4. The van der Waals surface area contributed by atoms with Crippen LogP contribution in [0, 0.1) is 13.8 Å². The molecule has 0 fully saturated rings. The molecule has 0 radical (unpaired) electrons. The number of anilines is 1. The minimum absolute atomic E-state index is 0.653. The predicted octanol–water partition coefficient (Wildman–Crippen LogP) is 2.92. The van der Waals surface area contributed by atoms with Crippen molar-refractivity contribution in [2.75, 3.05) is 5.32 Å². The molecule has 0 spiro atoms. The molecule has 0 saturated heterocycles. The van der Waals surface area contributed by atoms with E-state index in [4.69, 9.17) is 0 Å². The Morgan fingerprint density at radius 2 is 2.00 bits per heavy atom. The fraction of sp³-hybridized carbons (Fsp3) is 0.312. The number of imidazole rings is 1. The van der Waals surface area contributed by atoms with Crippen molar-refractivity contribution in [2.24, 2.45) is 0 Å². The highest BCUT2D eigenvalue weighted by Crippen LogP contribution is 2.12. The van der Waals surface area contributed by atoms with Gasteiger partial charge in [0.1, 0.15) is 17.3 Å². The molecule has 0 bridgehead atoms. The molecule has 0 aliphatic heterocycles. The van der Waals surface area contributed by atoms with Crippen molar-refractivity contribution >= 4 is 11.5 Å². The minimum atomic E-state index is 0.653. The molecular weight excluding hydrogens is 262 g/mol. The van der Waals surface area contributed by atoms with E-state index in [1.54, 1.807) is 0 Å². The molecule has 0 atom stereocenters. The molecule has 0 aromatic carbocycles. The van der Waals surface area contributed by atoms with E-state index >= 15 is 0 Å². The Labute approximate surface area is 124 Å². The number of hydrogen-bond acceptors (Lipinski definition) is 4. The average Bonchev–Trinajstić information content (AvgIpc) is 2.89. The second-order valence-electron chi connectivity index (χ2n) is 5.15. The Kier molecular flexibility index (Phi) is 3.56. The third kappa shape index (κ3) is 2.86. The summed E-state index contributed by atoms with van der Waals surface area (Å²) in [6.07, 6.45) is 4.97. The van der Waals surface area contributed by atoms with Crippen molar-refractivity contribution in [1.29, 1.82) is 0 Å². The van der Waals surface area contributed by atoms with Gasteiger partial charge in [0, 0.05) is 24.2 Å². The van der Waals surface area contributed by atoms with Gasteiger partial charge >= 0.3 is 0 Å². The Hall–Kier alpha value is -2.43. The summed E-state index contributed by atoms with van der Waals surface area (Å²) in [5.74, 6) is 1.65. The molecule has 0 amide bonds. The first-order valence-electron chi connectivity index (χ1n) is 7.17. The highest BCUT2D eigenvalue weighted by molar-refractivity contribution is 5.48. The van der Waals surface area contributed by atoms with Crippen LogP contribution in [0.4, 0.5) is 5.82 Å². The lowest BCUT2D eigenvalue weighted by Gasteiger charge is -2.06. The Morgan fingerprint density at radius 1 is 1.14 bits per heavy atom. The van der Waals surface area contributed by atoms with E-state index in [1.807, 2.05) is 31.5 Å². The van der Waals surface area contributed by atoms with Gasteiger partial charge < -0.3 is 9.72 Å². The molecule has 1 N–H and O–H groups in total. The van der Waals surface area contributed by atoms with Crippen molar-refractivity contribution in [2.45, 2.75) is 33.7 Å². The molecule has 21 heavy (non-hydrogen) atoms. The van der Waals surface area contributed by atoms with Crippen LogP contribution in [-0.2, 0) is 13.0 Å². The van der Waals surface area contributed by atoms with Gasteiger partial charge in [-0.2, -0.15) is 0 Å². The number of fused-ring (bicyclic) bond motifs is 1. The molecule has 5 heteroatoms. The summed E-state index contributed by atoms with van der Waals surface area (Å²) in [7, 11) is 0. The third-order valence-corrected chi connectivity index (χ3v) is 3.43. The van der Waals surface area contributed by atoms with Gasteiger partial charge in [0.05, 0.1) is 12.2 Å². The van der Waals surface area contributed by atoms with E-state index in [0.717, 1.165) is 35.1 Å². The summed E-state index contributed by atoms with van der Waals surface area (Å²) in [4.78, 5) is 13.4. The van der Waals surface area contributed by atoms with Crippen LogP contribution in [0.3, 0.4) is 0 Å². The van der Waals surface area contributed by atoms with Crippen molar-refractivity contribution in [3.05, 3.63) is 53.4 Å². The Morgan fingerprint density at radius 3 is 2.76 bits per heavy atom. The number of hydrogen-bond donors (Lipinski definition) is 1. The van der Waals surface area contributed by atoms with E-state index < -0.39 is 0 Å². The first-order valence-corrected chi connectivity index (χ1v) is 7.17. The number of pyridine rings is 1. The predicted molar refractivity (Wildman–Crippen MR) is 83.4 cm³/mol. The maximum absolute atomic E-state index is 4.65. The van der Waals surface area contributed by atoms with Crippen molar-refractivity contribution in [1.82, 2.24) is 19.4 Å². The fourth-order valence-corrected chi connectivity index (χ4v) is 2.37. The zero-order chi connectivity index (χ0) is 14.8. The van der Waals surface area contributed by atoms with Gasteiger partial charge in [0.15, 0.2) is 0 Å². The van der Waals surface area contributed by atoms with E-state index in [-0.39, 0.29) is 0 Å². The number of rotatable bonds is 4. The van der Waals surface area contributed by atoms with Crippen molar-refractivity contribution < 1.29 is 0 Å². The molecule has 3 rings (SSSR count). The fourth-order valence-electron chi connectivity index (χ4n) is 2.37. The standard InChI is InChI=1S/C16H19N5/c1-4-13-8-15(19-12(3)18-13)17-9-14-10-21-7-5-6-11(2)16(21)20-14/h5-8,10H,4,9H2,1-3H3,(H,17,18,19). The molecule has 108 valence electrons. The monoisotopic (exact) mass is 281 g/mol. The average molecular weight is 281 g/mol. The van der Waals surface area contributed by atoms with Crippen LogP contribution >= 0.6 is 0 Å². The topological polar surface area (TPSA) is 55.1 Å². The van der Waals surface area contributed by atoms with Crippen LogP contribution in [-0.4, -0.2) is 19.4 Å². The molecule has 0 aliphatic carbocycles. The second kappa shape index (κ2) is 5.52. The highest BCUT2D eigenvalue weighted by atomic mass is 15.1. The van der Waals surface area contributed by atoms with Gasteiger partial charge in [-0.3, -0.25) is 0 Å². The largest absolute Gasteiger partial charge is 0.364 e. The molecular formula is C16H19N5. The normalized spacial score (nSPS) is 11.0. The third-order valence-electron chi connectivity index (χ3n) is 3.43. The minimum Gasteiger partial charge on any atom is -0.364 e. The molecule has 3 heterocycles. The smallest absolute Gasteiger partial charge is 0.140 e. The number of aromatic nitrogens is 4. The molecule has 0 aliphatic rings. The maximum atomic E-state index is 4.65. The van der Waals surface area contributed by atoms with Gasteiger partial charge in [0.25, 0.3) is 0 Å². The lowest BCUT2D eigenvalue weighted by Crippen LogP contribution is -2.05. The highest BCUT2D eigenvalue weighted by Gasteiger charge is 2.05. The van der Waals surface area contributed by atoms with Gasteiger partial charge in [-0.25, -0.2) is 15.0 Å². The van der Waals surface area contributed by atoms with Gasteiger partial charge in [-0.15, -0.1) is 0 Å². The van der Waals surface area contributed by atoms with E-state index in [1.165, 1.54) is 5.56 Å². The lowest BCUT2D eigenvalue weighted by molar-refractivity contribution is 0.938. The van der Waals surface area contributed by atoms with Crippen LogP contribution < -0.4 is 5.32 Å². The molecule has 0 unspecified atom stereocenters.